The van der Waals surface area contributed by atoms with Crippen molar-refractivity contribution < 1.29 is 9.63 Å². The minimum Gasteiger partial charge on any atom is -0.354 e. The van der Waals surface area contributed by atoms with Gasteiger partial charge in [0.25, 0.3) is 0 Å². The summed E-state index contributed by atoms with van der Waals surface area (Å²) in [5, 5.41) is 0. The Kier molecular flexibility index (Phi) is 7.86. The number of aromatic nitrogens is 1. The lowest BCUT2D eigenvalue weighted by molar-refractivity contribution is -0.0255. The highest BCUT2D eigenvalue weighted by Crippen LogP contribution is 2.66. The van der Waals surface area contributed by atoms with Crippen LogP contribution in [0.15, 0.2) is 42.3 Å². The normalized spacial score (nSPS) is 37.2. The van der Waals surface area contributed by atoms with Gasteiger partial charge in [-0.3, -0.25) is 4.98 Å². The molecule has 1 N–H and O–H groups in total. The van der Waals surface area contributed by atoms with E-state index in [1.807, 2.05) is 11.1 Å². The molecule has 0 spiro atoms. The molecule has 3 fully saturated rings. The van der Waals surface area contributed by atoms with Gasteiger partial charge in [-0.15, -0.1) is 0 Å². The van der Waals surface area contributed by atoms with E-state index in [-0.39, 0.29) is 17.6 Å². The zero-order valence-corrected chi connectivity index (χ0v) is 25.2. The minimum absolute atomic E-state index is 0.207. The molecule has 0 radical (unpaired) electrons. The lowest BCUT2D eigenvalue weighted by atomic mass is 9.46. The molecule has 4 aliphatic carbocycles. The number of hydrogen-bond acceptors (Lipinski definition) is 5. The number of hydrogen-bond donors (Lipinski definition) is 1. The number of rotatable bonds is 6. The quantitative estimate of drug-likeness (QED) is 0.317. The molecule has 1 aliphatic heterocycles. The third-order valence-corrected chi connectivity index (χ3v) is 11.7. The SMILES string of the molecule is CN(C)CC1CCCCN1C(=O)ONCC1C=C2CC[C@@H]3[C@H](CC[C@]4(C)C(c5cccnc5)=CC[C@@H]34)[C@@]2(C)CC1. The number of fused-ring (bicyclic) bond motifs is 5. The summed E-state index contributed by atoms with van der Waals surface area (Å²) in [5.41, 5.74) is 8.26. The Hall–Kier alpha value is -2.18. The molecule has 6 heteroatoms. The number of carbonyl (C=O) groups excluding carboxylic acids is 1. The van der Waals surface area contributed by atoms with Gasteiger partial charge in [-0.2, -0.15) is 5.48 Å². The highest BCUT2D eigenvalue weighted by Gasteiger charge is 2.57. The Bertz CT molecular complexity index is 1130. The Morgan fingerprint density at radius 1 is 1.12 bits per heavy atom. The van der Waals surface area contributed by atoms with Crippen LogP contribution in [-0.4, -0.2) is 60.6 Å². The van der Waals surface area contributed by atoms with Crippen molar-refractivity contribution in [3.8, 4) is 0 Å². The van der Waals surface area contributed by atoms with Crippen LogP contribution in [-0.2, 0) is 4.84 Å². The van der Waals surface area contributed by atoms with E-state index in [4.69, 9.17) is 4.84 Å². The van der Waals surface area contributed by atoms with Crippen LogP contribution in [0.2, 0.25) is 0 Å². The van der Waals surface area contributed by atoms with Crippen molar-refractivity contribution in [2.75, 3.05) is 33.7 Å². The standard InChI is InChI=1S/C34H50N4O2/c1-33-16-14-24(21-36-40-32(39)38-19-6-5-9-27(38)23-37(3)4)20-26(33)10-11-28-30-13-12-29(25-8-7-18-35-22-25)34(30,2)17-15-31(28)33/h7-8,12,18,20,22,24,27-28,30-31,36H,5-6,9-11,13-17,19,21,23H2,1-4H3/t24?,27?,28-,30-,31-,33-,34+/m0/s1. The summed E-state index contributed by atoms with van der Waals surface area (Å²) >= 11 is 0. The van der Waals surface area contributed by atoms with Gasteiger partial charge in [-0.05, 0) is 130 Å². The third-order valence-electron chi connectivity index (χ3n) is 11.7. The molecule has 1 aromatic rings. The Labute approximate surface area is 241 Å². The number of likely N-dealkylation sites (N-methyl/N-ethyl adjacent to an activating group) is 1. The number of piperidine rings is 1. The molecule has 2 saturated carbocycles. The van der Waals surface area contributed by atoms with Crippen LogP contribution in [0.4, 0.5) is 4.79 Å². The summed E-state index contributed by atoms with van der Waals surface area (Å²) in [6.45, 7) is 7.53. The fourth-order valence-corrected chi connectivity index (χ4v) is 9.62. The Balaban J connectivity index is 1.07. The number of nitrogens with one attached hydrogen (secondary N) is 1. The number of likely N-dealkylation sites (tertiary alicyclic amines) is 1. The van der Waals surface area contributed by atoms with Crippen molar-refractivity contribution in [2.45, 2.75) is 84.1 Å². The second kappa shape index (κ2) is 11.2. The van der Waals surface area contributed by atoms with Gasteiger partial charge in [0.2, 0.25) is 0 Å². The summed E-state index contributed by atoms with van der Waals surface area (Å²) in [7, 11) is 4.15. The topological polar surface area (TPSA) is 57.7 Å². The van der Waals surface area contributed by atoms with Crippen molar-refractivity contribution in [3.05, 3.63) is 47.8 Å². The van der Waals surface area contributed by atoms with E-state index in [1.165, 1.54) is 56.9 Å². The summed E-state index contributed by atoms with van der Waals surface area (Å²) in [5.74, 6) is 2.78. The number of carbonyl (C=O) groups is 1. The van der Waals surface area contributed by atoms with Gasteiger partial charge >= 0.3 is 6.09 Å². The lowest BCUT2D eigenvalue weighted by Gasteiger charge is -2.58. The zero-order valence-electron chi connectivity index (χ0n) is 25.2. The van der Waals surface area contributed by atoms with E-state index in [0.29, 0.717) is 17.9 Å². The van der Waals surface area contributed by atoms with Gasteiger partial charge in [0.1, 0.15) is 0 Å². The monoisotopic (exact) mass is 546 g/mol. The van der Waals surface area contributed by atoms with Crippen LogP contribution in [0.3, 0.4) is 0 Å². The van der Waals surface area contributed by atoms with Crippen LogP contribution in [0.25, 0.3) is 5.57 Å². The second-order valence-electron chi connectivity index (χ2n) is 14.2. The molecule has 1 amide bonds. The molecule has 7 atom stereocenters. The van der Waals surface area contributed by atoms with E-state index in [0.717, 1.165) is 43.7 Å². The van der Waals surface area contributed by atoms with Crippen LogP contribution in [0, 0.1) is 34.5 Å². The summed E-state index contributed by atoms with van der Waals surface area (Å²) in [4.78, 5) is 27.1. The maximum absolute atomic E-state index is 12.9. The number of amides is 1. The molecule has 6 rings (SSSR count). The van der Waals surface area contributed by atoms with E-state index in [2.05, 4.69) is 73.8 Å². The average molecular weight is 547 g/mol. The summed E-state index contributed by atoms with van der Waals surface area (Å²) in [6.07, 6.45) is 21.0. The van der Waals surface area contributed by atoms with E-state index >= 15 is 0 Å². The van der Waals surface area contributed by atoms with E-state index in [9.17, 15) is 4.79 Å². The van der Waals surface area contributed by atoms with Crippen LogP contribution < -0.4 is 5.48 Å². The first-order chi connectivity index (χ1) is 19.3. The van der Waals surface area contributed by atoms with Gasteiger partial charge in [0, 0.05) is 38.1 Å². The molecule has 218 valence electrons. The first kappa shape index (κ1) is 28.0. The maximum Gasteiger partial charge on any atom is 0.429 e. The van der Waals surface area contributed by atoms with Gasteiger partial charge < -0.3 is 14.6 Å². The first-order valence-corrected chi connectivity index (χ1v) is 16.0. The Morgan fingerprint density at radius 3 is 2.77 bits per heavy atom. The van der Waals surface area contributed by atoms with Crippen molar-refractivity contribution in [1.29, 1.82) is 0 Å². The molecule has 2 heterocycles. The van der Waals surface area contributed by atoms with Gasteiger partial charge in [-0.1, -0.05) is 37.6 Å². The molecule has 0 aromatic carbocycles. The van der Waals surface area contributed by atoms with Gasteiger partial charge in [0.15, 0.2) is 0 Å². The number of pyridine rings is 1. The van der Waals surface area contributed by atoms with Crippen molar-refractivity contribution >= 4 is 11.7 Å². The first-order valence-electron chi connectivity index (χ1n) is 16.0. The number of nitrogens with zero attached hydrogens (tertiary/aromatic N) is 3. The van der Waals surface area contributed by atoms with Crippen LogP contribution in [0.1, 0.15) is 83.6 Å². The third kappa shape index (κ3) is 5.04. The minimum atomic E-state index is -0.207. The smallest absolute Gasteiger partial charge is 0.354 e. The van der Waals surface area contributed by atoms with E-state index in [1.54, 1.807) is 11.1 Å². The zero-order chi connectivity index (χ0) is 27.9. The van der Waals surface area contributed by atoms with E-state index < -0.39 is 0 Å². The molecule has 1 saturated heterocycles. The average Bonchev–Trinajstić information content (AvgIpc) is 3.31. The fourth-order valence-electron chi connectivity index (χ4n) is 9.62. The maximum atomic E-state index is 12.9. The molecular weight excluding hydrogens is 496 g/mol. The molecule has 6 nitrogen and oxygen atoms in total. The Morgan fingerprint density at radius 2 is 1.98 bits per heavy atom. The molecule has 2 unspecified atom stereocenters. The van der Waals surface area contributed by atoms with Crippen molar-refractivity contribution in [1.82, 2.24) is 20.3 Å². The molecular formula is C34H50N4O2. The van der Waals surface area contributed by atoms with Gasteiger partial charge in [-0.25, -0.2) is 4.79 Å². The summed E-state index contributed by atoms with van der Waals surface area (Å²) in [6, 6.07) is 4.59. The molecule has 5 aliphatic rings. The predicted molar refractivity (Wildman–Crippen MR) is 160 cm³/mol. The van der Waals surface area contributed by atoms with Crippen LogP contribution >= 0.6 is 0 Å². The molecule has 1 aromatic heterocycles. The largest absolute Gasteiger partial charge is 0.429 e. The van der Waals surface area contributed by atoms with Crippen molar-refractivity contribution in [3.63, 3.8) is 0 Å². The summed E-state index contributed by atoms with van der Waals surface area (Å²) < 4.78 is 0. The lowest BCUT2D eigenvalue weighted by Crippen LogP contribution is -2.50. The fraction of sp³-hybridized carbons (Fsp3) is 0.706. The number of allylic oxidation sites excluding steroid dienone is 3. The molecule has 0 bridgehead atoms. The highest BCUT2D eigenvalue weighted by atomic mass is 16.7. The number of hydroxylamine groups is 1. The van der Waals surface area contributed by atoms with Crippen molar-refractivity contribution in [2.24, 2.45) is 34.5 Å². The second-order valence-corrected chi connectivity index (χ2v) is 14.2. The molecule has 40 heavy (non-hydrogen) atoms. The predicted octanol–water partition coefficient (Wildman–Crippen LogP) is 6.71. The van der Waals surface area contributed by atoms with Gasteiger partial charge in [0.05, 0.1) is 0 Å². The highest BCUT2D eigenvalue weighted by molar-refractivity contribution is 5.72. The van der Waals surface area contributed by atoms with Crippen LogP contribution in [0.5, 0.6) is 0 Å².